The molecule has 1 N–H and O–H groups in total. The maximum Gasteiger partial charge on any atom is 0.0589 e. The predicted molar refractivity (Wildman–Crippen MR) is 67.9 cm³/mol. The summed E-state index contributed by atoms with van der Waals surface area (Å²) in [5, 5.41) is 4.14. The van der Waals surface area contributed by atoms with E-state index in [1.54, 1.807) is 6.20 Å². The Kier molecular flexibility index (Phi) is 3.50. The largest absolute Gasteiger partial charge is 0.317 e. The standard InChI is InChI=1S/C13H19ClN2/c1-10(2)13(5-7-15-8-6-13)12-4-3-11(14)9-16-12/h3-4,9-10,15H,5-8H2,1-2H3. The molecule has 0 aliphatic carbocycles. The molecule has 3 heteroatoms. The smallest absolute Gasteiger partial charge is 0.0589 e. The van der Waals surface area contributed by atoms with Gasteiger partial charge in [-0.2, -0.15) is 0 Å². The van der Waals surface area contributed by atoms with Crippen LogP contribution in [0.1, 0.15) is 32.4 Å². The van der Waals surface area contributed by atoms with Gasteiger partial charge in [0.25, 0.3) is 0 Å². The van der Waals surface area contributed by atoms with E-state index in [4.69, 9.17) is 11.6 Å². The fourth-order valence-corrected chi connectivity index (χ4v) is 2.78. The Balaban J connectivity index is 2.34. The molecule has 0 saturated carbocycles. The average Bonchev–Trinajstić information content (AvgIpc) is 2.30. The van der Waals surface area contributed by atoms with Gasteiger partial charge in [0.2, 0.25) is 0 Å². The average molecular weight is 239 g/mol. The van der Waals surface area contributed by atoms with Gasteiger partial charge in [-0.25, -0.2) is 0 Å². The van der Waals surface area contributed by atoms with Gasteiger partial charge in [0, 0.05) is 17.3 Å². The highest BCUT2D eigenvalue weighted by Gasteiger charge is 2.37. The molecular weight excluding hydrogens is 220 g/mol. The maximum atomic E-state index is 5.90. The summed E-state index contributed by atoms with van der Waals surface area (Å²) in [5.74, 6) is 0.614. The summed E-state index contributed by atoms with van der Waals surface area (Å²) >= 11 is 5.90. The first kappa shape index (κ1) is 11.9. The quantitative estimate of drug-likeness (QED) is 0.857. The number of nitrogens with zero attached hydrogens (tertiary/aromatic N) is 1. The Morgan fingerprint density at radius 1 is 1.31 bits per heavy atom. The van der Waals surface area contributed by atoms with E-state index in [9.17, 15) is 0 Å². The van der Waals surface area contributed by atoms with E-state index in [2.05, 4.69) is 30.2 Å². The molecule has 0 spiro atoms. The van der Waals surface area contributed by atoms with Crippen molar-refractivity contribution < 1.29 is 0 Å². The molecule has 1 aliphatic rings. The van der Waals surface area contributed by atoms with Gasteiger partial charge in [0.15, 0.2) is 0 Å². The first-order chi connectivity index (χ1) is 7.65. The van der Waals surface area contributed by atoms with Crippen LogP contribution in [0.15, 0.2) is 18.3 Å². The summed E-state index contributed by atoms with van der Waals surface area (Å²) in [7, 11) is 0. The minimum absolute atomic E-state index is 0.232. The van der Waals surface area contributed by atoms with Crippen molar-refractivity contribution in [2.75, 3.05) is 13.1 Å². The van der Waals surface area contributed by atoms with E-state index in [1.165, 1.54) is 18.5 Å². The topological polar surface area (TPSA) is 24.9 Å². The number of piperidine rings is 1. The van der Waals surface area contributed by atoms with Crippen LogP contribution < -0.4 is 5.32 Å². The number of aromatic nitrogens is 1. The molecular formula is C13H19ClN2. The molecule has 1 aromatic heterocycles. The molecule has 2 rings (SSSR count). The Hall–Kier alpha value is -0.600. The van der Waals surface area contributed by atoms with Crippen molar-refractivity contribution in [1.29, 1.82) is 0 Å². The van der Waals surface area contributed by atoms with Crippen molar-refractivity contribution in [3.05, 3.63) is 29.0 Å². The molecule has 2 heterocycles. The van der Waals surface area contributed by atoms with E-state index >= 15 is 0 Å². The van der Waals surface area contributed by atoms with Crippen LogP contribution in [-0.2, 0) is 5.41 Å². The lowest BCUT2D eigenvalue weighted by atomic mass is 9.68. The molecule has 1 fully saturated rings. The Morgan fingerprint density at radius 3 is 2.50 bits per heavy atom. The Bertz CT molecular complexity index is 339. The molecule has 2 nitrogen and oxygen atoms in total. The molecule has 0 bridgehead atoms. The molecule has 0 aromatic carbocycles. The zero-order valence-electron chi connectivity index (χ0n) is 9.96. The number of nitrogens with one attached hydrogen (secondary N) is 1. The fraction of sp³-hybridized carbons (Fsp3) is 0.615. The zero-order chi connectivity index (χ0) is 11.6. The molecule has 1 aliphatic heterocycles. The summed E-state index contributed by atoms with van der Waals surface area (Å²) < 4.78 is 0. The summed E-state index contributed by atoms with van der Waals surface area (Å²) in [5.41, 5.74) is 1.43. The normalized spacial score (nSPS) is 20.0. The molecule has 0 amide bonds. The summed E-state index contributed by atoms with van der Waals surface area (Å²) in [6.45, 7) is 6.76. The van der Waals surface area contributed by atoms with E-state index in [1.807, 2.05) is 6.07 Å². The van der Waals surface area contributed by atoms with Crippen LogP contribution in [0.5, 0.6) is 0 Å². The number of hydrogen-bond donors (Lipinski definition) is 1. The first-order valence-corrected chi connectivity index (χ1v) is 6.36. The van der Waals surface area contributed by atoms with Crippen LogP contribution in [0.3, 0.4) is 0 Å². The van der Waals surface area contributed by atoms with Crippen LogP contribution in [-0.4, -0.2) is 18.1 Å². The van der Waals surface area contributed by atoms with Crippen LogP contribution in [0.4, 0.5) is 0 Å². The molecule has 1 aromatic rings. The number of hydrogen-bond acceptors (Lipinski definition) is 2. The fourth-order valence-electron chi connectivity index (χ4n) is 2.67. The second-order valence-corrected chi connectivity index (χ2v) is 5.36. The number of halogens is 1. The SMILES string of the molecule is CC(C)C1(c2ccc(Cl)cn2)CCNCC1. The Morgan fingerprint density at radius 2 is 2.00 bits per heavy atom. The van der Waals surface area contributed by atoms with Gasteiger partial charge in [0.1, 0.15) is 0 Å². The highest BCUT2D eigenvalue weighted by atomic mass is 35.5. The van der Waals surface area contributed by atoms with Crippen molar-refractivity contribution >= 4 is 11.6 Å². The van der Waals surface area contributed by atoms with Crippen LogP contribution in [0.2, 0.25) is 5.02 Å². The summed E-state index contributed by atoms with van der Waals surface area (Å²) in [6, 6.07) is 4.05. The third-order valence-corrected chi connectivity index (χ3v) is 4.06. The molecule has 0 unspecified atom stereocenters. The second-order valence-electron chi connectivity index (χ2n) is 4.92. The van der Waals surface area contributed by atoms with E-state index in [0.717, 1.165) is 18.1 Å². The van der Waals surface area contributed by atoms with Crippen molar-refractivity contribution in [3.63, 3.8) is 0 Å². The lowest BCUT2D eigenvalue weighted by molar-refractivity contribution is 0.221. The van der Waals surface area contributed by atoms with Crippen molar-refractivity contribution in [2.24, 2.45) is 5.92 Å². The lowest BCUT2D eigenvalue weighted by Gasteiger charge is -2.40. The van der Waals surface area contributed by atoms with Gasteiger partial charge in [0.05, 0.1) is 5.02 Å². The maximum absolute atomic E-state index is 5.90. The molecule has 0 radical (unpaired) electrons. The van der Waals surface area contributed by atoms with Gasteiger partial charge in [-0.05, 0) is 44.0 Å². The highest BCUT2D eigenvalue weighted by molar-refractivity contribution is 6.30. The van der Waals surface area contributed by atoms with Crippen molar-refractivity contribution in [3.8, 4) is 0 Å². The van der Waals surface area contributed by atoms with Crippen molar-refractivity contribution in [2.45, 2.75) is 32.1 Å². The number of pyridine rings is 1. The van der Waals surface area contributed by atoms with E-state index in [-0.39, 0.29) is 5.41 Å². The lowest BCUT2D eigenvalue weighted by Crippen LogP contribution is -2.43. The highest BCUT2D eigenvalue weighted by Crippen LogP contribution is 2.39. The first-order valence-electron chi connectivity index (χ1n) is 5.98. The summed E-state index contributed by atoms with van der Waals surface area (Å²) in [6.07, 6.45) is 4.10. The minimum Gasteiger partial charge on any atom is -0.317 e. The van der Waals surface area contributed by atoms with Crippen LogP contribution in [0, 0.1) is 5.92 Å². The van der Waals surface area contributed by atoms with E-state index in [0.29, 0.717) is 5.92 Å². The van der Waals surface area contributed by atoms with Gasteiger partial charge < -0.3 is 5.32 Å². The Labute approximate surface area is 102 Å². The van der Waals surface area contributed by atoms with Gasteiger partial charge in [-0.1, -0.05) is 25.4 Å². The third kappa shape index (κ3) is 2.09. The third-order valence-electron chi connectivity index (χ3n) is 3.84. The number of rotatable bonds is 2. The predicted octanol–water partition coefficient (Wildman–Crippen LogP) is 3.01. The zero-order valence-corrected chi connectivity index (χ0v) is 10.7. The van der Waals surface area contributed by atoms with Gasteiger partial charge >= 0.3 is 0 Å². The van der Waals surface area contributed by atoms with Gasteiger partial charge in [-0.3, -0.25) is 4.98 Å². The van der Waals surface area contributed by atoms with Gasteiger partial charge in [-0.15, -0.1) is 0 Å². The second kappa shape index (κ2) is 4.72. The molecule has 0 atom stereocenters. The van der Waals surface area contributed by atoms with Crippen LogP contribution >= 0.6 is 11.6 Å². The molecule has 16 heavy (non-hydrogen) atoms. The van der Waals surface area contributed by atoms with E-state index < -0.39 is 0 Å². The molecule has 1 saturated heterocycles. The minimum atomic E-state index is 0.232. The monoisotopic (exact) mass is 238 g/mol. The molecule has 88 valence electrons. The van der Waals surface area contributed by atoms with Crippen LogP contribution in [0.25, 0.3) is 0 Å². The van der Waals surface area contributed by atoms with Crippen molar-refractivity contribution in [1.82, 2.24) is 10.3 Å². The summed E-state index contributed by atoms with van der Waals surface area (Å²) in [4.78, 5) is 4.54.